The van der Waals surface area contributed by atoms with Crippen molar-refractivity contribution in [2.75, 3.05) is 7.11 Å². The minimum atomic E-state index is -0.599. The van der Waals surface area contributed by atoms with E-state index in [4.69, 9.17) is 10.00 Å². The number of rotatable bonds is 4. The van der Waals surface area contributed by atoms with Gasteiger partial charge in [0.05, 0.1) is 29.6 Å². The van der Waals surface area contributed by atoms with Gasteiger partial charge in [-0.15, -0.1) is 0 Å². The van der Waals surface area contributed by atoms with E-state index in [2.05, 4.69) is 16.0 Å². The SMILES string of the molecule is COC(=O)c1cccc(-n2c(/C=C/c3ccc(C#N)cc3)nc3ccccc3c2=O)n1. The lowest BCUT2D eigenvalue weighted by Crippen LogP contribution is -2.24. The Balaban J connectivity index is 1.90. The number of aromatic nitrogens is 3. The fraction of sp³-hybridized carbons (Fsp3) is 0.0417. The van der Waals surface area contributed by atoms with E-state index in [0.29, 0.717) is 22.3 Å². The predicted octanol–water partition coefficient (Wildman–Crippen LogP) is 3.61. The zero-order chi connectivity index (χ0) is 21.8. The van der Waals surface area contributed by atoms with Crippen LogP contribution in [0.1, 0.15) is 27.4 Å². The zero-order valence-electron chi connectivity index (χ0n) is 16.5. The second-order valence-corrected chi connectivity index (χ2v) is 6.57. The Kier molecular flexibility index (Phi) is 5.37. The van der Waals surface area contributed by atoms with Gasteiger partial charge in [-0.1, -0.05) is 36.4 Å². The highest BCUT2D eigenvalue weighted by molar-refractivity contribution is 5.87. The largest absolute Gasteiger partial charge is 0.464 e. The number of methoxy groups -OCH3 is 1. The molecule has 2 heterocycles. The summed E-state index contributed by atoms with van der Waals surface area (Å²) in [6, 6.07) is 20.9. The quantitative estimate of drug-likeness (QED) is 0.479. The number of pyridine rings is 1. The number of esters is 1. The molecule has 2 aromatic heterocycles. The number of nitrogens with zero attached hydrogens (tertiary/aromatic N) is 4. The molecule has 0 saturated carbocycles. The first-order valence-electron chi connectivity index (χ1n) is 9.36. The summed E-state index contributed by atoms with van der Waals surface area (Å²) in [5, 5.41) is 9.39. The highest BCUT2D eigenvalue weighted by atomic mass is 16.5. The molecular weight excluding hydrogens is 392 g/mol. The van der Waals surface area contributed by atoms with E-state index in [-0.39, 0.29) is 17.1 Å². The van der Waals surface area contributed by atoms with Crippen molar-refractivity contribution in [1.82, 2.24) is 14.5 Å². The number of hydrogen-bond donors (Lipinski definition) is 0. The van der Waals surface area contributed by atoms with Gasteiger partial charge in [-0.05, 0) is 48.0 Å². The van der Waals surface area contributed by atoms with Crippen molar-refractivity contribution in [1.29, 1.82) is 5.26 Å². The summed E-state index contributed by atoms with van der Waals surface area (Å²) in [5.41, 5.74) is 1.72. The molecule has 31 heavy (non-hydrogen) atoms. The van der Waals surface area contributed by atoms with Crippen LogP contribution in [-0.2, 0) is 4.74 Å². The van der Waals surface area contributed by atoms with Crippen LogP contribution in [0.3, 0.4) is 0 Å². The second-order valence-electron chi connectivity index (χ2n) is 6.57. The minimum Gasteiger partial charge on any atom is -0.464 e. The summed E-state index contributed by atoms with van der Waals surface area (Å²) in [6.07, 6.45) is 3.49. The molecule has 0 amide bonds. The molecule has 0 N–H and O–H groups in total. The van der Waals surface area contributed by atoms with Gasteiger partial charge in [0.1, 0.15) is 11.6 Å². The first-order chi connectivity index (χ1) is 15.1. The van der Waals surface area contributed by atoms with Crippen LogP contribution in [0.4, 0.5) is 0 Å². The number of nitriles is 1. The summed E-state index contributed by atoms with van der Waals surface area (Å²) in [5.74, 6) is 0.00605. The van der Waals surface area contributed by atoms with E-state index < -0.39 is 5.97 Å². The first kappa shape index (κ1) is 19.7. The normalized spacial score (nSPS) is 10.8. The van der Waals surface area contributed by atoms with Gasteiger partial charge in [0.2, 0.25) is 0 Å². The van der Waals surface area contributed by atoms with Gasteiger partial charge in [-0.2, -0.15) is 5.26 Å². The maximum atomic E-state index is 13.3. The summed E-state index contributed by atoms with van der Waals surface area (Å²) in [6.45, 7) is 0. The molecular formula is C24H16N4O3. The van der Waals surface area contributed by atoms with Gasteiger partial charge in [0, 0.05) is 0 Å². The number of benzene rings is 2. The fourth-order valence-corrected chi connectivity index (χ4v) is 3.09. The van der Waals surface area contributed by atoms with E-state index >= 15 is 0 Å². The molecule has 0 aliphatic rings. The molecule has 150 valence electrons. The van der Waals surface area contributed by atoms with E-state index in [9.17, 15) is 9.59 Å². The number of fused-ring (bicyclic) bond motifs is 1. The Morgan fingerprint density at radius 2 is 1.77 bits per heavy atom. The van der Waals surface area contributed by atoms with Crippen molar-refractivity contribution in [3.8, 4) is 11.9 Å². The van der Waals surface area contributed by atoms with E-state index in [1.807, 2.05) is 6.07 Å². The molecule has 0 saturated heterocycles. The van der Waals surface area contributed by atoms with Crippen LogP contribution in [0.15, 0.2) is 71.5 Å². The second kappa shape index (κ2) is 8.43. The Labute approximate surface area is 177 Å². The zero-order valence-corrected chi connectivity index (χ0v) is 16.5. The average molecular weight is 408 g/mol. The maximum Gasteiger partial charge on any atom is 0.356 e. The van der Waals surface area contributed by atoms with Crippen LogP contribution >= 0.6 is 0 Å². The standard InChI is InChI=1S/C24H16N4O3/c1-31-24(30)20-7-4-8-21(27-20)28-22(14-13-16-9-11-17(15-25)12-10-16)26-19-6-3-2-5-18(19)23(28)29/h2-14H,1H3/b14-13+. The van der Waals surface area contributed by atoms with Gasteiger partial charge >= 0.3 is 5.97 Å². The molecule has 0 unspecified atom stereocenters. The van der Waals surface area contributed by atoms with Crippen LogP contribution in [0, 0.1) is 11.3 Å². The molecule has 0 radical (unpaired) electrons. The molecule has 7 nitrogen and oxygen atoms in total. The monoisotopic (exact) mass is 408 g/mol. The Morgan fingerprint density at radius 3 is 2.52 bits per heavy atom. The lowest BCUT2D eigenvalue weighted by molar-refractivity contribution is 0.0594. The highest BCUT2D eigenvalue weighted by Crippen LogP contribution is 2.15. The molecule has 7 heteroatoms. The molecule has 4 aromatic rings. The smallest absolute Gasteiger partial charge is 0.356 e. The molecule has 0 aliphatic heterocycles. The highest BCUT2D eigenvalue weighted by Gasteiger charge is 2.14. The average Bonchev–Trinajstić information content (AvgIpc) is 2.82. The van der Waals surface area contributed by atoms with E-state index in [1.54, 1.807) is 66.7 Å². The first-order valence-corrected chi connectivity index (χ1v) is 9.36. The Morgan fingerprint density at radius 1 is 1.00 bits per heavy atom. The summed E-state index contributed by atoms with van der Waals surface area (Å²) < 4.78 is 6.10. The molecule has 0 aliphatic carbocycles. The van der Waals surface area contributed by atoms with Crippen LogP contribution in [0.2, 0.25) is 0 Å². The predicted molar refractivity (Wildman–Crippen MR) is 117 cm³/mol. The summed E-state index contributed by atoms with van der Waals surface area (Å²) >= 11 is 0. The van der Waals surface area contributed by atoms with E-state index in [0.717, 1.165) is 5.56 Å². The van der Waals surface area contributed by atoms with Gasteiger partial charge in [0.25, 0.3) is 5.56 Å². The van der Waals surface area contributed by atoms with Crippen LogP contribution in [0.5, 0.6) is 0 Å². The Hall–Kier alpha value is -4.57. The van der Waals surface area contributed by atoms with Crippen molar-refractivity contribution in [2.24, 2.45) is 0 Å². The molecule has 2 aromatic carbocycles. The summed E-state index contributed by atoms with van der Waals surface area (Å²) in [7, 11) is 1.27. The third-order valence-electron chi connectivity index (χ3n) is 4.62. The third-order valence-corrected chi connectivity index (χ3v) is 4.62. The van der Waals surface area contributed by atoms with Crippen molar-refractivity contribution < 1.29 is 9.53 Å². The van der Waals surface area contributed by atoms with Crippen molar-refractivity contribution in [3.63, 3.8) is 0 Å². The van der Waals surface area contributed by atoms with E-state index in [1.165, 1.54) is 17.7 Å². The molecule has 0 fully saturated rings. The lowest BCUT2D eigenvalue weighted by atomic mass is 10.1. The molecule has 0 bridgehead atoms. The third kappa shape index (κ3) is 3.95. The van der Waals surface area contributed by atoms with Crippen molar-refractivity contribution >= 4 is 29.0 Å². The number of carbonyl (C=O) groups is 1. The van der Waals surface area contributed by atoms with Gasteiger partial charge in [0.15, 0.2) is 5.69 Å². The van der Waals surface area contributed by atoms with Gasteiger partial charge < -0.3 is 4.74 Å². The van der Waals surface area contributed by atoms with Gasteiger partial charge in [-0.3, -0.25) is 4.79 Å². The van der Waals surface area contributed by atoms with Crippen LogP contribution in [0.25, 0.3) is 28.9 Å². The van der Waals surface area contributed by atoms with Crippen molar-refractivity contribution in [3.05, 3.63) is 99.7 Å². The maximum absolute atomic E-state index is 13.3. The van der Waals surface area contributed by atoms with Crippen molar-refractivity contribution in [2.45, 2.75) is 0 Å². The van der Waals surface area contributed by atoms with Crippen LogP contribution in [-0.4, -0.2) is 27.6 Å². The Bertz CT molecular complexity index is 1410. The number of carbonyl (C=O) groups excluding carboxylic acids is 1. The number of hydrogen-bond acceptors (Lipinski definition) is 6. The number of ether oxygens (including phenoxy) is 1. The molecule has 0 atom stereocenters. The summed E-state index contributed by atoms with van der Waals surface area (Å²) in [4.78, 5) is 34.1. The topological polar surface area (TPSA) is 97.9 Å². The molecule has 4 rings (SSSR count). The van der Waals surface area contributed by atoms with Gasteiger partial charge in [-0.25, -0.2) is 19.3 Å². The fourth-order valence-electron chi connectivity index (χ4n) is 3.09. The minimum absolute atomic E-state index is 0.0853. The lowest BCUT2D eigenvalue weighted by Gasteiger charge is -2.11. The van der Waals surface area contributed by atoms with Crippen LogP contribution < -0.4 is 5.56 Å². The number of para-hydroxylation sites is 1. The molecule has 0 spiro atoms.